The van der Waals surface area contributed by atoms with Gasteiger partial charge in [0.2, 0.25) is 0 Å². The number of fused-ring (bicyclic) bond motifs is 1. The fraction of sp³-hybridized carbons (Fsp3) is 0.368. The standard InChI is InChI=1S/C19H18F3N5O2/c1-10-4-5-26(18(29)11-2-3-16(28)13(20)6-11)8-12(10)15-7-14(17(21)22)25-19-23-9-24-27(15)19/h2-3,6-7,9-10,12,17,28H,4-5,8H2,1H3/t10-,12-/m1/s1. The predicted octanol–water partition coefficient (Wildman–Crippen LogP) is 3.17. The molecule has 7 nitrogen and oxygen atoms in total. The van der Waals surface area contributed by atoms with Crippen LogP contribution in [0.25, 0.3) is 5.78 Å². The number of amides is 1. The molecule has 0 aliphatic carbocycles. The van der Waals surface area contributed by atoms with E-state index in [0.717, 1.165) is 12.1 Å². The number of piperidine rings is 1. The summed E-state index contributed by atoms with van der Waals surface area (Å²) >= 11 is 0. The van der Waals surface area contributed by atoms with Crippen molar-refractivity contribution in [2.24, 2.45) is 5.92 Å². The van der Waals surface area contributed by atoms with E-state index in [4.69, 9.17) is 0 Å². The molecule has 1 N–H and O–H groups in total. The van der Waals surface area contributed by atoms with E-state index in [9.17, 15) is 23.1 Å². The molecule has 29 heavy (non-hydrogen) atoms. The lowest BCUT2D eigenvalue weighted by Gasteiger charge is -2.37. The predicted molar refractivity (Wildman–Crippen MR) is 96.2 cm³/mol. The lowest BCUT2D eigenvalue weighted by molar-refractivity contribution is 0.0665. The molecule has 0 saturated carbocycles. The fourth-order valence-corrected chi connectivity index (χ4v) is 3.69. The van der Waals surface area contributed by atoms with Gasteiger partial charge in [-0.2, -0.15) is 10.1 Å². The number of rotatable bonds is 3. The summed E-state index contributed by atoms with van der Waals surface area (Å²) in [4.78, 5) is 22.2. The third-order valence-electron chi connectivity index (χ3n) is 5.34. The second-order valence-electron chi connectivity index (χ2n) is 7.17. The molecule has 1 aliphatic heterocycles. The summed E-state index contributed by atoms with van der Waals surface area (Å²) in [6.45, 7) is 2.69. The minimum absolute atomic E-state index is 0.0778. The molecule has 1 aromatic carbocycles. The van der Waals surface area contributed by atoms with Crippen LogP contribution in [0.4, 0.5) is 13.2 Å². The van der Waals surface area contributed by atoms with Crippen LogP contribution in [0.3, 0.4) is 0 Å². The van der Waals surface area contributed by atoms with Gasteiger partial charge >= 0.3 is 0 Å². The van der Waals surface area contributed by atoms with Crippen LogP contribution >= 0.6 is 0 Å². The summed E-state index contributed by atoms with van der Waals surface area (Å²) < 4.78 is 41.7. The molecule has 0 radical (unpaired) electrons. The van der Waals surface area contributed by atoms with E-state index in [1.54, 1.807) is 4.90 Å². The van der Waals surface area contributed by atoms with Crippen molar-refractivity contribution in [2.75, 3.05) is 13.1 Å². The Balaban J connectivity index is 1.68. The van der Waals surface area contributed by atoms with E-state index in [2.05, 4.69) is 15.1 Å². The number of aromatic hydroxyl groups is 1. The van der Waals surface area contributed by atoms with E-state index >= 15 is 0 Å². The van der Waals surface area contributed by atoms with Crippen LogP contribution in [0.15, 0.2) is 30.6 Å². The smallest absolute Gasteiger partial charge is 0.280 e. The van der Waals surface area contributed by atoms with Crippen LogP contribution < -0.4 is 0 Å². The molecule has 0 spiro atoms. The Hall–Kier alpha value is -3.17. The maximum atomic E-state index is 13.7. The molecule has 1 amide bonds. The van der Waals surface area contributed by atoms with Crippen molar-refractivity contribution in [3.63, 3.8) is 0 Å². The number of alkyl halides is 2. The molecule has 1 fully saturated rings. The van der Waals surface area contributed by atoms with Gasteiger partial charge in [0, 0.05) is 24.6 Å². The summed E-state index contributed by atoms with van der Waals surface area (Å²) in [6.07, 6.45) is -0.872. The van der Waals surface area contributed by atoms with Gasteiger partial charge in [-0.05, 0) is 36.6 Å². The van der Waals surface area contributed by atoms with Gasteiger partial charge in [-0.15, -0.1) is 0 Å². The van der Waals surface area contributed by atoms with Crippen molar-refractivity contribution in [1.29, 1.82) is 0 Å². The normalized spacial score (nSPS) is 19.8. The van der Waals surface area contributed by atoms with E-state index in [-0.39, 0.29) is 29.7 Å². The first-order valence-electron chi connectivity index (χ1n) is 9.11. The topological polar surface area (TPSA) is 83.6 Å². The number of benzene rings is 1. The molecule has 1 saturated heterocycles. The largest absolute Gasteiger partial charge is 0.505 e. The Morgan fingerprint density at radius 2 is 2.10 bits per heavy atom. The van der Waals surface area contributed by atoms with Gasteiger partial charge in [-0.25, -0.2) is 22.7 Å². The Morgan fingerprint density at radius 1 is 1.31 bits per heavy atom. The number of carbonyl (C=O) groups is 1. The van der Waals surface area contributed by atoms with Gasteiger partial charge in [0.1, 0.15) is 12.0 Å². The number of likely N-dealkylation sites (tertiary alicyclic amines) is 1. The minimum atomic E-state index is -2.76. The van der Waals surface area contributed by atoms with Crippen LogP contribution in [-0.2, 0) is 0 Å². The second kappa shape index (κ2) is 7.34. The summed E-state index contributed by atoms with van der Waals surface area (Å²) in [7, 11) is 0. The highest BCUT2D eigenvalue weighted by Crippen LogP contribution is 2.34. The summed E-state index contributed by atoms with van der Waals surface area (Å²) in [6, 6.07) is 4.78. The number of phenols is 1. The SMILES string of the molecule is C[C@@H]1CCN(C(=O)c2ccc(O)c(F)c2)C[C@H]1c1cc(C(F)F)nc2ncnn12. The molecule has 3 aromatic rings. The summed E-state index contributed by atoms with van der Waals surface area (Å²) in [5.41, 5.74) is 0.226. The number of carbonyl (C=O) groups excluding carboxylic acids is 1. The maximum absolute atomic E-state index is 13.7. The zero-order valence-electron chi connectivity index (χ0n) is 15.5. The first-order valence-corrected chi connectivity index (χ1v) is 9.11. The van der Waals surface area contributed by atoms with E-state index < -0.39 is 29.6 Å². The van der Waals surface area contributed by atoms with Crippen molar-refractivity contribution < 1.29 is 23.1 Å². The summed E-state index contributed by atoms with van der Waals surface area (Å²) in [5.74, 6) is -1.91. The fourth-order valence-electron chi connectivity index (χ4n) is 3.69. The van der Waals surface area contributed by atoms with Gasteiger partial charge < -0.3 is 10.0 Å². The lowest BCUT2D eigenvalue weighted by Crippen LogP contribution is -2.42. The van der Waals surface area contributed by atoms with Crippen molar-refractivity contribution in [2.45, 2.75) is 25.7 Å². The highest BCUT2D eigenvalue weighted by molar-refractivity contribution is 5.94. The van der Waals surface area contributed by atoms with Gasteiger partial charge in [-0.3, -0.25) is 4.79 Å². The molecule has 2 aromatic heterocycles. The van der Waals surface area contributed by atoms with Crippen LogP contribution in [0.5, 0.6) is 5.75 Å². The lowest BCUT2D eigenvalue weighted by atomic mass is 9.84. The first kappa shape index (κ1) is 19.2. The maximum Gasteiger partial charge on any atom is 0.280 e. The molecular formula is C19H18F3N5O2. The van der Waals surface area contributed by atoms with E-state index in [1.807, 2.05) is 6.92 Å². The van der Waals surface area contributed by atoms with Gasteiger partial charge in [0.15, 0.2) is 11.6 Å². The van der Waals surface area contributed by atoms with E-state index in [1.165, 1.54) is 23.0 Å². The quantitative estimate of drug-likeness (QED) is 0.724. The molecule has 10 heteroatoms. The zero-order valence-corrected chi connectivity index (χ0v) is 15.5. The number of hydrogen-bond donors (Lipinski definition) is 1. The van der Waals surface area contributed by atoms with Crippen molar-refractivity contribution >= 4 is 11.7 Å². The number of nitrogens with zero attached hydrogens (tertiary/aromatic N) is 5. The molecule has 1 aliphatic rings. The Bertz CT molecular complexity index is 1070. The second-order valence-corrected chi connectivity index (χ2v) is 7.17. The Labute approximate surface area is 163 Å². The molecular weight excluding hydrogens is 387 g/mol. The Morgan fingerprint density at radius 3 is 2.83 bits per heavy atom. The first-order chi connectivity index (χ1) is 13.8. The van der Waals surface area contributed by atoms with Crippen LogP contribution in [-0.4, -0.2) is 48.6 Å². The third kappa shape index (κ3) is 3.50. The highest BCUT2D eigenvalue weighted by atomic mass is 19.3. The number of hydrogen-bond acceptors (Lipinski definition) is 5. The van der Waals surface area contributed by atoms with Gasteiger partial charge in [0.25, 0.3) is 18.1 Å². The average molecular weight is 405 g/mol. The van der Waals surface area contributed by atoms with Crippen LogP contribution in [0.1, 0.15) is 47.4 Å². The number of halogens is 3. The van der Waals surface area contributed by atoms with Crippen molar-refractivity contribution in [1.82, 2.24) is 24.5 Å². The minimum Gasteiger partial charge on any atom is -0.505 e. The third-order valence-corrected chi connectivity index (χ3v) is 5.34. The van der Waals surface area contributed by atoms with Crippen molar-refractivity contribution in [3.8, 4) is 5.75 Å². The van der Waals surface area contributed by atoms with Gasteiger partial charge in [0.05, 0.1) is 5.69 Å². The molecule has 4 rings (SSSR count). The molecule has 0 bridgehead atoms. The van der Waals surface area contributed by atoms with Gasteiger partial charge in [-0.1, -0.05) is 6.92 Å². The van der Waals surface area contributed by atoms with Crippen LogP contribution in [0, 0.1) is 11.7 Å². The zero-order chi connectivity index (χ0) is 20.7. The molecule has 152 valence electrons. The monoisotopic (exact) mass is 405 g/mol. The molecule has 2 atom stereocenters. The molecule has 0 unspecified atom stereocenters. The molecule has 3 heterocycles. The van der Waals surface area contributed by atoms with E-state index in [0.29, 0.717) is 18.7 Å². The highest BCUT2D eigenvalue weighted by Gasteiger charge is 2.33. The Kier molecular flexibility index (Phi) is 4.85. The number of aromatic nitrogens is 4. The van der Waals surface area contributed by atoms with Crippen molar-refractivity contribution in [3.05, 3.63) is 53.4 Å². The summed E-state index contributed by atoms with van der Waals surface area (Å²) in [5, 5.41) is 13.4. The number of phenolic OH excluding ortho intramolecular Hbond substituents is 1. The average Bonchev–Trinajstić information content (AvgIpc) is 3.18. The van der Waals surface area contributed by atoms with Crippen LogP contribution in [0.2, 0.25) is 0 Å².